The van der Waals surface area contributed by atoms with E-state index in [1.807, 2.05) is 0 Å². The Hall–Kier alpha value is -1.27. The quantitative estimate of drug-likeness (QED) is 0.658. The zero-order chi connectivity index (χ0) is 10.6. The minimum absolute atomic E-state index is 0.510. The van der Waals surface area contributed by atoms with Gasteiger partial charge in [-0.2, -0.15) is 13.2 Å². The van der Waals surface area contributed by atoms with E-state index in [0.29, 0.717) is 4.90 Å². The average Bonchev–Trinajstić information content (AvgIpc) is 1.97. The van der Waals surface area contributed by atoms with E-state index in [0.717, 1.165) is 7.05 Å². The number of carboxylic acid groups (broad SMARTS) is 1. The first kappa shape index (κ1) is 11.7. The van der Waals surface area contributed by atoms with E-state index in [1.165, 1.54) is 0 Å². The maximum Gasteiger partial charge on any atom is 0.394 e. The van der Waals surface area contributed by atoms with Gasteiger partial charge in [0.05, 0.1) is 6.42 Å². The number of nitrogens with zero attached hydrogens (tertiary/aromatic N) is 1. The van der Waals surface area contributed by atoms with Gasteiger partial charge in [-0.25, -0.2) is 4.79 Å². The molecule has 0 aromatic rings. The zero-order valence-electron chi connectivity index (χ0n) is 6.76. The van der Waals surface area contributed by atoms with Gasteiger partial charge in [-0.15, -0.1) is 0 Å². The molecule has 0 aromatic heterocycles. The van der Waals surface area contributed by atoms with Gasteiger partial charge >= 0.3 is 18.1 Å². The van der Waals surface area contributed by atoms with Crippen molar-refractivity contribution < 1.29 is 27.9 Å². The summed E-state index contributed by atoms with van der Waals surface area (Å²) in [5, 5.41) is 8.11. The summed E-state index contributed by atoms with van der Waals surface area (Å²) in [5.74, 6) is -3.10. The molecule has 13 heavy (non-hydrogen) atoms. The highest BCUT2D eigenvalue weighted by atomic mass is 19.4. The van der Waals surface area contributed by atoms with Crippen LogP contribution < -0.4 is 0 Å². The number of aliphatic carboxylic acids is 1. The molecule has 7 heteroatoms. The molecule has 0 radical (unpaired) electrons. The Morgan fingerprint density at radius 3 is 2.15 bits per heavy atom. The average molecular weight is 199 g/mol. The third-order valence-electron chi connectivity index (χ3n) is 1.26. The summed E-state index contributed by atoms with van der Waals surface area (Å²) < 4.78 is 34.8. The standard InChI is InChI=1S/C6H8F3NO3/c1-10(4(11)5(12)13)3-2-6(7,8)9/h2-3H2,1H3,(H,12,13). The lowest BCUT2D eigenvalue weighted by Gasteiger charge is -2.15. The van der Waals surface area contributed by atoms with Gasteiger partial charge in [0.25, 0.3) is 0 Å². The Bertz CT molecular complexity index is 214. The molecule has 1 amide bonds. The SMILES string of the molecule is CN(CCC(F)(F)F)C(=O)C(=O)O. The molecule has 4 nitrogen and oxygen atoms in total. The van der Waals surface area contributed by atoms with Crippen LogP contribution in [-0.2, 0) is 9.59 Å². The fraction of sp³-hybridized carbons (Fsp3) is 0.667. The van der Waals surface area contributed by atoms with Gasteiger partial charge in [-0.3, -0.25) is 4.79 Å². The van der Waals surface area contributed by atoms with Crippen molar-refractivity contribution in [3.8, 4) is 0 Å². The summed E-state index contributed by atoms with van der Waals surface area (Å²) in [6, 6.07) is 0. The van der Waals surface area contributed by atoms with Crippen molar-refractivity contribution in [1.29, 1.82) is 0 Å². The van der Waals surface area contributed by atoms with E-state index in [2.05, 4.69) is 0 Å². The second-order valence-electron chi connectivity index (χ2n) is 2.40. The summed E-state index contributed by atoms with van der Waals surface area (Å²) in [5.41, 5.74) is 0. The van der Waals surface area contributed by atoms with Gasteiger partial charge in [-0.1, -0.05) is 0 Å². The number of carboxylic acids is 1. The molecule has 0 aliphatic heterocycles. The van der Waals surface area contributed by atoms with Crippen molar-refractivity contribution in [3.05, 3.63) is 0 Å². The highest BCUT2D eigenvalue weighted by Crippen LogP contribution is 2.19. The molecule has 0 bridgehead atoms. The molecule has 0 heterocycles. The second-order valence-corrected chi connectivity index (χ2v) is 2.40. The van der Waals surface area contributed by atoms with Crippen molar-refractivity contribution in [2.45, 2.75) is 12.6 Å². The summed E-state index contributed by atoms with van der Waals surface area (Å²) in [4.78, 5) is 21.0. The molecular weight excluding hydrogens is 191 g/mol. The van der Waals surface area contributed by atoms with E-state index < -0.39 is 31.0 Å². The van der Waals surface area contributed by atoms with Crippen LogP contribution >= 0.6 is 0 Å². The largest absolute Gasteiger partial charge is 0.474 e. The third kappa shape index (κ3) is 5.05. The van der Waals surface area contributed by atoms with Crippen LogP contribution in [-0.4, -0.2) is 41.7 Å². The van der Waals surface area contributed by atoms with Crippen molar-refractivity contribution in [2.75, 3.05) is 13.6 Å². The maximum absolute atomic E-state index is 11.6. The maximum atomic E-state index is 11.6. The molecule has 0 saturated carbocycles. The van der Waals surface area contributed by atoms with Crippen LogP contribution in [0.1, 0.15) is 6.42 Å². The van der Waals surface area contributed by atoms with Gasteiger partial charge in [0, 0.05) is 13.6 Å². The lowest BCUT2D eigenvalue weighted by atomic mass is 10.4. The number of rotatable bonds is 2. The summed E-state index contributed by atoms with van der Waals surface area (Å²) in [6.07, 6.45) is -5.59. The summed E-state index contributed by atoms with van der Waals surface area (Å²) in [7, 11) is 1.00. The minimum atomic E-state index is -4.38. The van der Waals surface area contributed by atoms with Crippen LogP contribution in [0.3, 0.4) is 0 Å². The molecule has 0 rings (SSSR count). The first-order chi connectivity index (χ1) is 5.74. The smallest absolute Gasteiger partial charge is 0.394 e. The normalized spacial score (nSPS) is 11.1. The first-order valence-corrected chi connectivity index (χ1v) is 3.29. The number of hydrogen-bond acceptors (Lipinski definition) is 2. The van der Waals surface area contributed by atoms with Crippen LogP contribution in [0.25, 0.3) is 0 Å². The molecule has 0 spiro atoms. The van der Waals surface area contributed by atoms with Crippen molar-refractivity contribution >= 4 is 11.9 Å². The molecule has 0 fully saturated rings. The van der Waals surface area contributed by atoms with Crippen LogP contribution in [0.15, 0.2) is 0 Å². The molecular formula is C6H8F3NO3. The van der Waals surface area contributed by atoms with Gasteiger partial charge in [0.1, 0.15) is 0 Å². The number of likely N-dealkylation sites (N-methyl/N-ethyl adjacent to an activating group) is 1. The predicted octanol–water partition coefficient (Wildman–Crippen LogP) is 0.482. The van der Waals surface area contributed by atoms with E-state index in [4.69, 9.17) is 5.11 Å². The number of amides is 1. The van der Waals surface area contributed by atoms with E-state index in [-0.39, 0.29) is 0 Å². The predicted molar refractivity (Wildman–Crippen MR) is 35.9 cm³/mol. The monoisotopic (exact) mass is 199 g/mol. The van der Waals surface area contributed by atoms with Crippen LogP contribution in [0.2, 0.25) is 0 Å². The Morgan fingerprint density at radius 1 is 1.38 bits per heavy atom. The van der Waals surface area contributed by atoms with Crippen molar-refractivity contribution in [1.82, 2.24) is 4.90 Å². The number of alkyl halides is 3. The number of carbonyl (C=O) groups excluding carboxylic acids is 1. The van der Waals surface area contributed by atoms with Crippen LogP contribution in [0.4, 0.5) is 13.2 Å². The number of halogens is 3. The Labute approximate surface area is 71.9 Å². The lowest BCUT2D eigenvalue weighted by Crippen LogP contribution is -2.35. The zero-order valence-corrected chi connectivity index (χ0v) is 6.76. The molecule has 0 aliphatic carbocycles. The van der Waals surface area contributed by atoms with Crippen molar-refractivity contribution in [3.63, 3.8) is 0 Å². The molecule has 0 aromatic carbocycles. The minimum Gasteiger partial charge on any atom is -0.474 e. The Morgan fingerprint density at radius 2 is 1.85 bits per heavy atom. The number of carbonyl (C=O) groups is 2. The van der Waals surface area contributed by atoms with Gasteiger partial charge in [0.15, 0.2) is 0 Å². The van der Waals surface area contributed by atoms with Gasteiger partial charge < -0.3 is 10.0 Å². The summed E-state index contributed by atoms with van der Waals surface area (Å²) in [6.45, 7) is -0.644. The van der Waals surface area contributed by atoms with Crippen LogP contribution in [0.5, 0.6) is 0 Å². The Balaban J connectivity index is 3.95. The molecule has 0 saturated heterocycles. The molecule has 0 aliphatic rings. The molecule has 76 valence electrons. The molecule has 0 atom stereocenters. The third-order valence-corrected chi connectivity index (χ3v) is 1.26. The van der Waals surface area contributed by atoms with E-state index >= 15 is 0 Å². The molecule has 1 N–H and O–H groups in total. The highest BCUT2D eigenvalue weighted by Gasteiger charge is 2.29. The topological polar surface area (TPSA) is 57.6 Å². The van der Waals surface area contributed by atoms with Crippen LogP contribution in [0, 0.1) is 0 Å². The fourth-order valence-corrected chi connectivity index (χ4v) is 0.559. The van der Waals surface area contributed by atoms with E-state index in [9.17, 15) is 22.8 Å². The lowest BCUT2D eigenvalue weighted by molar-refractivity contribution is -0.158. The number of hydrogen-bond donors (Lipinski definition) is 1. The van der Waals surface area contributed by atoms with Gasteiger partial charge in [-0.05, 0) is 0 Å². The Kier molecular flexibility index (Phi) is 3.70. The second kappa shape index (κ2) is 4.11. The van der Waals surface area contributed by atoms with Gasteiger partial charge in [0.2, 0.25) is 0 Å². The first-order valence-electron chi connectivity index (χ1n) is 3.29. The summed E-state index contributed by atoms with van der Waals surface area (Å²) >= 11 is 0. The van der Waals surface area contributed by atoms with E-state index in [1.54, 1.807) is 0 Å². The van der Waals surface area contributed by atoms with Crippen molar-refractivity contribution in [2.24, 2.45) is 0 Å². The molecule has 0 unspecified atom stereocenters. The highest BCUT2D eigenvalue weighted by molar-refractivity contribution is 6.31. The fourth-order valence-electron chi connectivity index (χ4n) is 0.559.